The highest BCUT2D eigenvalue weighted by atomic mass is 32.2. The molecule has 0 bridgehead atoms. The van der Waals surface area contributed by atoms with Crippen LogP contribution < -0.4 is 4.74 Å². The standard InChI is InChI=1S/C20H25O7PS.CH4O/c1-29-16-4-2-3-14(11-16)13-5-7-15(8-6-13)26-20-18(22)12-17(21)19(27-20)9-10-28(23,24)25;1-2/h2-8,11,17-22H,9-10,12H2,1H3,(H2,23,24,25);2H,1H3/t17-,18?,19?,20-;/m0./s1. The molecule has 8 nitrogen and oxygen atoms in total. The van der Waals surface area contributed by atoms with Crippen LogP contribution in [0.3, 0.4) is 0 Å². The zero-order valence-electron chi connectivity index (χ0n) is 17.4. The predicted octanol–water partition coefficient (Wildman–Crippen LogP) is 2.47. The molecule has 0 aromatic heterocycles. The van der Waals surface area contributed by atoms with Crippen LogP contribution in [0.2, 0.25) is 0 Å². The molecule has 1 aliphatic heterocycles. The molecule has 2 unspecified atom stereocenters. The van der Waals surface area contributed by atoms with E-state index in [0.29, 0.717) is 5.75 Å². The van der Waals surface area contributed by atoms with Crippen molar-refractivity contribution in [1.82, 2.24) is 0 Å². The highest BCUT2D eigenvalue weighted by molar-refractivity contribution is 7.98. The third-order valence-electron chi connectivity index (χ3n) is 4.75. The number of ether oxygens (including phenoxy) is 2. The summed E-state index contributed by atoms with van der Waals surface area (Å²) in [6.45, 7) is 0. The lowest BCUT2D eigenvalue weighted by Crippen LogP contribution is -2.49. The lowest BCUT2D eigenvalue weighted by molar-refractivity contribution is -0.233. The first-order valence-electron chi connectivity index (χ1n) is 9.67. The van der Waals surface area contributed by atoms with Crippen LogP contribution in [0.15, 0.2) is 53.4 Å². The van der Waals surface area contributed by atoms with Gasteiger partial charge in [-0.05, 0) is 48.1 Å². The lowest BCUT2D eigenvalue weighted by atomic mass is 10.0. The first kappa shape index (κ1) is 25.8. The second-order valence-electron chi connectivity index (χ2n) is 6.96. The molecule has 0 amide bonds. The van der Waals surface area contributed by atoms with Gasteiger partial charge in [-0.15, -0.1) is 11.8 Å². The summed E-state index contributed by atoms with van der Waals surface area (Å²) in [5.41, 5.74) is 2.10. The highest BCUT2D eigenvalue weighted by Gasteiger charge is 2.38. The Kier molecular flexibility index (Phi) is 9.99. The molecule has 1 heterocycles. The van der Waals surface area contributed by atoms with Gasteiger partial charge in [0.25, 0.3) is 0 Å². The Labute approximate surface area is 186 Å². The van der Waals surface area contributed by atoms with Gasteiger partial charge in [0.2, 0.25) is 6.29 Å². The van der Waals surface area contributed by atoms with Gasteiger partial charge in [-0.25, -0.2) is 0 Å². The van der Waals surface area contributed by atoms with E-state index >= 15 is 0 Å². The molecule has 2 aromatic carbocycles. The first-order chi connectivity index (χ1) is 14.7. The van der Waals surface area contributed by atoms with Crippen LogP contribution in [0, 0.1) is 0 Å². The first-order valence-corrected chi connectivity index (χ1v) is 12.7. The summed E-state index contributed by atoms with van der Waals surface area (Å²) < 4.78 is 22.4. The van der Waals surface area contributed by atoms with E-state index in [-0.39, 0.29) is 12.8 Å². The summed E-state index contributed by atoms with van der Waals surface area (Å²) >= 11 is 1.67. The summed E-state index contributed by atoms with van der Waals surface area (Å²) in [6, 6.07) is 15.5. The second kappa shape index (κ2) is 12.0. The molecular formula is C21H29O8PS. The predicted molar refractivity (Wildman–Crippen MR) is 119 cm³/mol. The Morgan fingerprint density at radius 2 is 1.74 bits per heavy atom. The van der Waals surface area contributed by atoms with Gasteiger partial charge in [-0.3, -0.25) is 4.57 Å². The van der Waals surface area contributed by atoms with Crippen LogP contribution >= 0.6 is 19.4 Å². The maximum Gasteiger partial charge on any atom is 0.325 e. The van der Waals surface area contributed by atoms with E-state index in [1.807, 2.05) is 36.6 Å². The SMILES string of the molecule is CO.CSc1cccc(-c2ccc(O[C@H]3OC(CCP(=O)(O)O)[C@@H](O)CC3O)cc2)c1. The molecule has 0 radical (unpaired) electrons. The van der Waals surface area contributed by atoms with E-state index in [0.717, 1.165) is 18.2 Å². The van der Waals surface area contributed by atoms with Gasteiger partial charge in [0.15, 0.2) is 0 Å². The second-order valence-corrected chi connectivity index (χ2v) is 9.62. The fourth-order valence-electron chi connectivity index (χ4n) is 3.19. The Morgan fingerprint density at radius 1 is 1.06 bits per heavy atom. The number of hydrogen-bond donors (Lipinski definition) is 5. The van der Waals surface area contributed by atoms with Crippen LogP contribution in [0.1, 0.15) is 12.8 Å². The Bertz CT molecular complexity index is 857. The quantitative estimate of drug-likeness (QED) is 0.304. The van der Waals surface area contributed by atoms with Crippen LogP contribution in [-0.4, -0.2) is 69.2 Å². The van der Waals surface area contributed by atoms with Crippen LogP contribution in [-0.2, 0) is 9.30 Å². The summed E-state index contributed by atoms with van der Waals surface area (Å²) in [5, 5.41) is 27.2. The Morgan fingerprint density at radius 3 is 2.35 bits per heavy atom. The topological polar surface area (TPSA) is 137 Å². The van der Waals surface area contributed by atoms with Gasteiger partial charge in [0, 0.05) is 18.4 Å². The smallest absolute Gasteiger partial charge is 0.325 e. The number of aliphatic hydroxyl groups is 3. The monoisotopic (exact) mass is 472 g/mol. The lowest BCUT2D eigenvalue weighted by Gasteiger charge is -2.37. The summed E-state index contributed by atoms with van der Waals surface area (Å²) in [6.07, 6.45) is -2.29. The molecule has 172 valence electrons. The van der Waals surface area contributed by atoms with Crippen molar-refractivity contribution < 1.29 is 39.1 Å². The van der Waals surface area contributed by atoms with Crippen molar-refractivity contribution in [3.8, 4) is 16.9 Å². The van der Waals surface area contributed by atoms with E-state index in [2.05, 4.69) is 6.07 Å². The van der Waals surface area contributed by atoms with E-state index < -0.39 is 38.4 Å². The molecule has 0 saturated carbocycles. The molecule has 3 rings (SSSR count). The minimum absolute atomic E-state index is 0.00997. The number of rotatable bonds is 7. The van der Waals surface area contributed by atoms with Crippen LogP contribution in [0.4, 0.5) is 0 Å². The van der Waals surface area contributed by atoms with E-state index in [9.17, 15) is 14.8 Å². The van der Waals surface area contributed by atoms with E-state index in [1.54, 1.807) is 23.9 Å². The molecule has 10 heteroatoms. The molecule has 31 heavy (non-hydrogen) atoms. The molecular weight excluding hydrogens is 443 g/mol. The van der Waals surface area contributed by atoms with Gasteiger partial charge in [0.05, 0.1) is 18.4 Å². The highest BCUT2D eigenvalue weighted by Crippen LogP contribution is 2.37. The van der Waals surface area contributed by atoms with Crippen LogP contribution in [0.25, 0.3) is 11.1 Å². The van der Waals surface area contributed by atoms with E-state index in [1.165, 1.54) is 4.90 Å². The van der Waals surface area contributed by atoms with Gasteiger partial charge < -0.3 is 34.6 Å². The maximum atomic E-state index is 11.1. The summed E-state index contributed by atoms with van der Waals surface area (Å²) in [4.78, 5) is 19.2. The van der Waals surface area contributed by atoms with Gasteiger partial charge in [0.1, 0.15) is 11.9 Å². The van der Waals surface area contributed by atoms with Crippen molar-refractivity contribution >= 4 is 19.4 Å². The third-order valence-corrected chi connectivity index (χ3v) is 6.32. The van der Waals surface area contributed by atoms with Crippen molar-refractivity contribution in [1.29, 1.82) is 0 Å². The summed E-state index contributed by atoms with van der Waals surface area (Å²) in [7, 11) is -3.20. The fourth-order valence-corrected chi connectivity index (χ4v) is 4.24. The van der Waals surface area contributed by atoms with Crippen molar-refractivity contribution in [3.63, 3.8) is 0 Å². The zero-order valence-corrected chi connectivity index (χ0v) is 19.1. The maximum absolute atomic E-state index is 11.1. The molecule has 5 N–H and O–H groups in total. The molecule has 1 aliphatic rings. The van der Waals surface area contributed by atoms with Crippen LogP contribution in [0.5, 0.6) is 5.75 Å². The average Bonchev–Trinajstić information content (AvgIpc) is 2.76. The van der Waals surface area contributed by atoms with Crippen molar-refractivity contribution in [2.24, 2.45) is 0 Å². The average molecular weight is 472 g/mol. The zero-order chi connectivity index (χ0) is 23.0. The van der Waals surface area contributed by atoms with Gasteiger partial charge in [-0.1, -0.05) is 24.3 Å². The van der Waals surface area contributed by atoms with Crippen molar-refractivity contribution in [2.75, 3.05) is 19.5 Å². The molecule has 1 saturated heterocycles. The van der Waals surface area contributed by atoms with Gasteiger partial charge >= 0.3 is 7.60 Å². The molecule has 0 spiro atoms. The van der Waals surface area contributed by atoms with Crippen molar-refractivity contribution in [2.45, 2.75) is 42.3 Å². The Balaban J connectivity index is 0.00000166. The number of thioether (sulfide) groups is 1. The van der Waals surface area contributed by atoms with E-state index in [4.69, 9.17) is 24.4 Å². The van der Waals surface area contributed by atoms with Crippen molar-refractivity contribution in [3.05, 3.63) is 48.5 Å². The third kappa shape index (κ3) is 7.89. The minimum atomic E-state index is -4.20. The molecule has 1 fully saturated rings. The molecule has 4 atom stereocenters. The minimum Gasteiger partial charge on any atom is -0.462 e. The summed E-state index contributed by atoms with van der Waals surface area (Å²) in [5.74, 6) is 0.490. The molecule has 2 aromatic rings. The number of aliphatic hydroxyl groups excluding tert-OH is 3. The normalized spacial score (nSPS) is 23.6. The fraction of sp³-hybridized carbons (Fsp3) is 0.429. The largest absolute Gasteiger partial charge is 0.462 e. The number of benzene rings is 2. The Hall–Kier alpha value is -1.42. The molecule has 0 aliphatic carbocycles. The number of hydrogen-bond acceptors (Lipinski definition) is 7. The van der Waals surface area contributed by atoms with Gasteiger partial charge in [-0.2, -0.15) is 0 Å².